The highest BCUT2D eigenvalue weighted by Gasteiger charge is 2.39. The van der Waals surface area contributed by atoms with Crippen LogP contribution in [0.3, 0.4) is 0 Å². The third kappa shape index (κ3) is 2.13. The Hall–Kier alpha value is -2.42. The van der Waals surface area contributed by atoms with Crippen LogP contribution in [0.1, 0.15) is 22.0 Å². The summed E-state index contributed by atoms with van der Waals surface area (Å²) in [5.41, 5.74) is 1.35. The molecule has 22 heavy (non-hydrogen) atoms. The number of benzene rings is 2. The van der Waals surface area contributed by atoms with Crippen molar-refractivity contribution in [3.8, 4) is 6.07 Å². The number of methoxy groups -OCH3 is 2. The van der Waals surface area contributed by atoms with Gasteiger partial charge in [0.05, 0.1) is 18.2 Å². The van der Waals surface area contributed by atoms with Crippen LogP contribution in [-0.2, 0) is 9.47 Å². The molecule has 0 radical (unpaired) electrons. The van der Waals surface area contributed by atoms with E-state index in [1.54, 1.807) is 0 Å². The summed E-state index contributed by atoms with van der Waals surface area (Å²) >= 11 is 0. The number of rotatable bonds is 4. The summed E-state index contributed by atoms with van der Waals surface area (Å²) in [5, 5.41) is 11.4. The van der Waals surface area contributed by atoms with Gasteiger partial charge < -0.3 is 14.4 Å². The van der Waals surface area contributed by atoms with Crippen molar-refractivity contribution in [2.45, 2.75) is 12.3 Å². The Bertz CT molecular complexity index is 762. The van der Waals surface area contributed by atoms with Gasteiger partial charge in [-0.25, -0.2) is 0 Å². The van der Waals surface area contributed by atoms with E-state index in [1.807, 2.05) is 36.4 Å². The molecule has 2 aromatic carbocycles. The normalized spacial score (nSPS) is 17.1. The van der Waals surface area contributed by atoms with Crippen LogP contribution in [0.25, 0.3) is 10.8 Å². The molecule has 1 aliphatic heterocycles. The predicted molar refractivity (Wildman–Crippen MR) is 81.1 cm³/mol. The zero-order valence-electron chi connectivity index (χ0n) is 12.4. The van der Waals surface area contributed by atoms with Crippen LogP contribution in [0.2, 0.25) is 0 Å². The fourth-order valence-corrected chi connectivity index (χ4v) is 2.92. The first kappa shape index (κ1) is 14.5. The van der Waals surface area contributed by atoms with Gasteiger partial charge in [0.25, 0.3) is 5.91 Å². The number of hydrogen-bond donors (Lipinski definition) is 0. The van der Waals surface area contributed by atoms with E-state index in [9.17, 15) is 10.1 Å². The number of hydrogen-bond acceptors (Lipinski definition) is 4. The number of carbonyl (C=O) groups excluding carboxylic acids is 1. The summed E-state index contributed by atoms with van der Waals surface area (Å²) in [4.78, 5) is 14.3. The molecule has 0 bridgehead atoms. The molecule has 5 heteroatoms. The molecule has 3 rings (SSSR count). The third-order valence-corrected chi connectivity index (χ3v) is 4.04. The molecule has 0 fully saturated rings. The average Bonchev–Trinajstić information content (AvgIpc) is 2.84. The first-order valence-corrected chi connectivity index (χ1v) is 6.99. The third-order valence-electron chi connectivity index (χ3n) is 4.04. The average molecular weight is 296 g/mol. The van der Waals surface area contributed by atoms with Gasteiger partial charge in [-0.3, -0.25) is 4.79 Å². The van der Waals surface area contributed by atoms with Crippen LogP contribution in [0.4, 0.5) is 0 Å². The van der Waals surface area contributed by atoms with E-state index in [0.29, 0.717) is 5.56 Å². The molecule has 1 atom stereocenters. The predicted octanol–water partition coefficient (Wildman–Crippen LogP) is 2.48. The van der Waals surface area contributed by atoms with Gasteiger partial charge in [0.2, 0.25) is 0 Å². The summed E-state index contributed by atoms with van der Waals surface area (Å²) < 4.78 is 10.3. The summed E-state index contributed by atoms with van der Waals surface area (Å²) in [5.74, 6) is -0.155. The molecule has 0 saturated carbocycles. The number of amides is 1. The van der Waals surface area contributed by atoms with Gasteiger partial charge in [-0.2, -0.15) is 5.26 Å². The van der Waals surface area contributed by atoms with Gasteiger partial charge in [-0.1, -0.05) is 36.4 Å². The zero-order chi connectivity index (χ0) is 15.7. The monoisotopic (exact) mass is 296 g/mol. The van der Waals surface area contributed by atoms with Gasteiger partial charge in [0, 0.05) is 19.8 Å². The topological polar surface area (TPSA) is 62.6 Å². The second-order valence-corrected chi connectivity index (χ2v) is 5.14. The van der Waals surface area contributed by atoms with Crippen molar-refractivity contribution in [1.82, 2.24) is 4.90 Å². The van der Waals surface area contributed by atoms with Crippen molar-refractivity contribution >= 4 is 16.7 Å². The van der Waals surface area contributed by atoms with Gasteiger partial charge in [-0.15, -0.1) is 0 Å². The minimum Gasteiger partial charge on any atom is -0.354 e. The molecule has 112 valence electrons. The zero-order valence-corrected chi connectivity index (χ0v) is 12.4. The molecule has 5 nitrogen and oxygen atoms in total. The number of nitriles is 1. The van der Waals surface area contributed by atoms with E-state index in [0.717, 1.165) is 16.3 Å². The van der Waals surface area contributed by atoms with Crippen molar-refractivity contribution in [2.24, 2.45) is 0 Å². The van der Waals surface area contributed by atoms with Crippen molar-refractivity contribution < 1.29 is 14.3 Å². The highest BCUT2D eigenvalue weighted by atomic mass is 16.7. The maximum absolute atomic E-state index is 12.8. The van der Waals surface area contributed by atoms with Crippen LogP contribution in [0.15, 0.2) is 36.4 Å². The summed E-state index contributed by atoms with van der Waals surface area (Å²) in [6.45, 7) is 0.215. The van der Waals surface area contributed by atoms with Gasteiger partial charge in [0.1, 0.15) is 6.04 Å². The Morgan fingerprint density at radius 3 is 2.64 bits per heavy atom. The quantitative estimate of drug-likeness (QED) is 0.813. The lowest BCUT2D eigenvalue weighted by Crippen LogP contribution is -2.36. The highest BCUT2D eigenvalue weighted by Crippen LogP contribution is 2.37. The summed E-state index contributed by atoms with van der Waals surface area (Å²) in [6.07, 6.45) is -0.555. The van der Waals surface area contributed by atoms with Crippen molar-refractivity contribution in [1.29, 1.82) is 5.26 Å². The Balaban J connectivity index is 2.09. The fraction of sp³-hybridized carbons (Fsp3) is 0.294. The highest BCUT2D eigenvalue weighted by molar-refractivity contribution is 6.11. The maximum Gasteiger partial charge on any atom is 0.256 e. The smallest absolute Gasteiger partial charge is 0.256 e. The molecule has 1 unspecified atom stereocenters. The molecular formula is C17H16N2O3. The van der Waals surface area contributed by atoms with Crippen molar-refractivity contribution in [3.63, 3.8) is 0 Å². The molecule has 2 aromatic rings. The second kappa shape index (κ2) is 5.76. The standard InChI is InChI=1S/C17H16N2O3/c1-21-15(22-2)10-19-14(9-18)13-8-7-11-5-3-4-6-12(11)16(13)17(19)20/h3-8,14-15H,10H2,1-2H3. The lowest BCUT2D eigenvalue weighted by Gasteiger charge is -2.24. The molecule has 1 heterocycles. The number of ether oxygens (including phenoxy) is 2. The molecular weight excluding hydrogens is 280 g/mol. The van der Waals surface area contributed by atoms with E-state index < -0.39 is 12.3 Å². The van der Waals surface area contributed by atoms with Crippen molar-refractivity contribution in [3.05, 3.63) is 47.5 Å². The fourth-order valence-electron chi connectivity index (χ4n) is 2.92. The molecule has 0 aliphatic carbocycles. The minimum absolute atomic E-state index is 0.155. The molecule has 0 saturated heterocycles. The molecule has 1 amide bonds. The largest absolute Gasteiger partial charge is 0.354 e. The van der Waals surface area contributed by atoms with Gasteiger partial charge >= 0.3 is 0 Å². The van der Waals surface area contributed by atoms with E-state index >= 15 is 0 Å². The number of nitrogens with zero attached hydrogens (tertiary/aromatic N) is 2. The maximum atomic E-state index is 12.8. The first-order valence-electron chi connectivity index (χ1n) is 6.99. The molecule has 1 aliphatic rings. The lowest BCUT2D eigenvalue weighted by atomic mass is 9.98. The Morgan fingerprint density at radius 1 is 1.23 bits per heavy atom. The Morgan fingerprint density at radius 2 is 1.95 bits per heavy atom. The summed E-state index contributed by atoms with van der Waals surface area (Å²) in [7, 11) is 3.03. The Labute approximate surface area is 128 Å². The second-order valence-electron chi connectivity index (χ2n) is 5.14. The van der Waals surface area contributed by atoms with E-state index in [4.69, 9.17) is 9.47 Å². The molecule has 0 N–H and O–H groups in total. The van der Waals surface area contributed by atoms with E-state index in [-0.39, 0.29) is 12.5 Å². The molecule has 0 spiro atoms. The van der Waals surface area contributed by atoms with Crippen LogP contribution < -0.4 is 0 Å². The number of fused-ring (bicyclic) bond motifs is 3. The van der Waals surface area contributed by atoms with Crippen LogP contribution >= 0.6 is 0 Å². The van der Waals surface area contributed by atoms with Crippen LogP contribution in [0.5, 0.6) is 0 Å². The van der Waals surface area contributed by atoms with Gasteiger partial charge in [0.15, 0.2) is 6.29 Å². The SMILES string of the molecule is COC(CN1C(=O)c2c(ccc3ccccc23)C1C#N)OC. The van der Waals surface area contributed by atoms with Crippen LogP contribution in [0, 0.1) is 11.3 Å². The van der Waals surface area contributed by atoms with Crippen molar-refractivity contribution in [2.75, 3.05) is 20.8 Å². The lowest BCUT2D eigenvalue weighted by molar-refractivity contribution is -0.113. The van der Waals surface area contributed by atoms with E-state index in [2.05, 4.69) is 6.07 Å². The van der Waals surface area contributed by atoms with Gasteiger partial charge in [-0.05, 0) is 10.8 Å². The minimum atomic E-state index is -0.611. The van der Waals surface area contributed by atoms with E-state index in [1.165, 1.54) is 19.1 Å². The first-order chi connectivity index (χ1) is 10.7. The number of carbonyl (C=O) groups is 1. The Kier molecular flexibility index (Phi) is 3.80. The summed E-state index contributed by atoms with van der Waals surface area (Å²) in [6, 6.07) is 13.1. The molecule has 0 aromatic heterocycles. The van der Waals surface area contributed by atoms with Crippen LogP contribution in [-0.4, -0.2) is 37.9 Å².